The highest BCUT2D eigenvalue weighted by Gasteiger charge is 2.33. The lowest BCUT2D eigenvalue weighted by Gasteiger charge is -2.24. The zero-order valence-corrected chi connectivity index (χ0v) is 13.8. The third kappa shape index (κ3) is 4.44. The van der Waals surface area contributed by atoms with E-state index in [1.54, 1.807) is 30.3 Å². The van der Waals surface area contributed by atoms with E-state index >= 15 is 0 Å². The number of hydrogen-bond donors (Lipinski definition) is 3. The van der Waals surface area contributed by atoms with Crippen LogP contribution in [0.1, 0.15) is 37.0 Å². The van der Waals surface area contributed by atoms with E-state index in [2.05, 4.69) is 10.6 Å². The summed E-state index contributed by atoms with van der Waals surface area (Å²) in [6.45, 7) is 3.76. The van der Waals surface area contributed by atoms with Gasteiger partial charge in [0.2, 0.25) is 5.91 Å². The number of carbonyl (C=O) groups is 3. The van der Waals surface area contributed by atoms with E-state index in [4.69, 9.17) is 0 Å². The molecule has 6 nitrogen and oxygen atoms in total. The average molecular weight is 330 g/mol. The Bertz CT molecular complexity index is 649. The predicted molar refractivity (Wildman–Crippen MR) is 90.7 cm³/mol. The quantitative estimate of drug-likeness (QED) is 0.723. The van der Waals surface area contributed by atoms with Gasteiger partial charge in [-0.05, 0) is 51.0 Å². The molecule has 2 atom stereocenters. The number of anilines is 1. The van der Waals surface area contributed by atoms with Crippen molar-refractivity contribution in [2.24, 2.45) is 11.8 Å². The lowest BCUT2D eigenvalue weighted by atomic mass is 9.82. The maximum atomic E-state index is 12.4. The standard InChI is InChI=1S/C18H22N2O4/c1-11(2)19-16(21)12-7-9-13(10-8-12)20-17(22)14-5-3-4-6-15(14)18(23)24/h3-4,7-11,14-15H,5-6H2,1-2H3,(H,19,21)(H,20,22)(H,23,24). The van der Waals surface area contributed by atoms with Crippen LogP contribution in [0.4, 0.5) is 5.69 Å². The fourth-order valence-corrected chi connectivity index (χ4v) is 2.66. The highest BCUT2D eigenvalue weighted by Crippen LogP contribution is 2.27. The Morgan fingerprint density at radius 3 is 2.17 bits per heavy atom. The smallest absolute Gasteiger partial charge is 0.307 e. The summed E-state index contributed by atoms with van der Waals surface area (Å²) in [4.78, 5) is 35.5. The molecule has 1 aliphatic carbocycles. The molecule has 128 valence electrons. The van der Waals surface area contributed by atoms with Crippen LogP contribution in [0, 0.1) is 11.8 Å². The molecule has 0 fully saturated rings. The van der Waals surface area contributed by atoms with Gasteiger partial charge in [-0.2, -0.15) is 0 Å². The van der Waals surface area contributed by atoms with Gasteiger partial charge in [0.05, 0.1) is 11.8 Å². The first-order chi connectivity index (χ1) is 11.4. The minimum absolute atomic E-state index is 0.0455. The molecule has 0 bridgehead atoms. The minimum Gasteiger partial charge on any atom is -0.481 e. The van der Waals surface area contributed by atoms with Gasteiger partial charge >= 0.3 is 5.97 Å². The summed E-state index contributed by atoms with van der Waals surface area (Å²) in [5, 5.41) is 14.8. The Labute approximate surface area is 140 Å². The van der Waals surface area contributed by atoms with Gasteiger partial charge in [0.1, 0.15) is 0 Å². The molecular formula is C18H22N2O4. The first-order valence-corrected chi connectivity index (χ1v) is 7.98. The van der Waals surface area contributed by atoms with Crippen molar-refractivity contribution in [1.82, 2.24) is 5.32 Å². The Morgan fingerprint density at radius 2 is 1.62 bits per heavy atom. The number of allylic oxidation sites excluding steroid dienone is 2. The van der Waals surface area contributed by atoms with Gasteiger partial charge in [-0.25, -0.2) is 0 Å². The van der Waals surface area contributed by atoms with Crippen molar-refractivity contribution in [2.45, 2.75) is 32.7 Å². The third-order valence-electron chi connectivity index (χ3n) is 3.92. The number of carboxylic acids is 1. The summed E-state index contributed by atoms with van der Waals surface area (Å²) in [5.74, 6) is -2.74. The van der Waals surface area contributed by atoms with Crippen LogP contribution < -0.4 is 10.6 Å². The molecule has 2 amide bonds. The van der Waals surface area contributed by atoms with E-state index in [1.165, 1.54) is 0 Å². The summed E-state index contributed by atoms with van der Waals surface area (Å²) >= 11 is 0. The van der Waals surface area contributed by atoms with Crippen molar-refractivity contribution in [2.75, 3.05) is 5.32 Å². The van der Waals surface area contributed by atoms with Crippen LogP contribution in [0.2, 0.25) is 0 Å². The molecule has 1 aromatic carbocycles. The highest BCUT2D eigenvalue weighted by atomic mass is 16.4. The van der Waals surface area contributed by atoms with Gasteiger partial charge in [-0.15, -0.1) is 0 Å². The Balaban J connectivity index is 2.02. The van der Waals surface area contributed by atoms with E-state index in [1.807, 2.05) is 19.9 Å². The van der Waals surface area contributed by atoms with Gasteiger partial charge < -0.3 is 15.7 Å². The van der Waals surface area contributed by atoms with Gasteiger partial charge in [-0.3, -0.25) is 14.4 Å². The van der Waals surface area contributed by atoms with Gasteiger partial charge in [-0.1, -0.05) is 12.2 Å². The van der Waals surface area contributed by atoms with Crippen molar-refractivity contribution in [3.05, 3.63) is 42.0 Å². The monoisotopic (exact) mass is 330 g/mol. The summed E-state index contributed by atoms with van der Waals surface area (Å²) in [7, 11) is 0. The number of carboxylic acid groups (broad SMARTS) is 1. The minimum atomic E-state index is -0.958. The zero-order chi connectivity index (χ0) is 17.7. The zero-order valence-electron chi connectivity index (χ0n) is 13.8. The lowest BCUT2D eigenvalue weighted by Crippen LogP contribution is -2.34. The second-order valence-electron chi connectivity index (χ2n) is 6.19. The Hall–Kier alpha value is -2.63. The molecule has 0 saturated carbocycles. The maximum Gasteiger partial charge on any atom is 0.307 e. The normalized spacial score (nSPS) is 19.8. The molecule has 0 aliphatic heterocycles. The first kappa shape index (κ1) is 17.7. The molecule has 2 rings (SSSR count). The number of carbonyl (C=O) groups excluding carboxylic acids is 2. The highest BCUT2D eigenvalue weighted by molar-refractivity contribution is 5.97. The molecule has 3 N–H and O–H groups in total. The molecule has 24 heavy (non-hydrogen) atoms. The number of amides is 2. The van der Waals surface area contributed by atoms with Gasteiger partial charge in [0.15, 0.2) is 0 Å². The van der Waals surface area contributed by atoms with Crippen LogP contribution in [-0.4, -0.2) is 28.9 Å². The van der Waals surface area contributed by atoms with Crippen molar-refractivity contribution in [3.8, 4) is 0 Å². The van der Waals surface area contributed by atoms with Crippen molar-refractivity contribution in [1.29, 1.82) is 0 Å². The van der Waals surface area contributed by atoms with Crippen LogP contribution in [0.5, 0.6) is 0 Å². The number of hydrogen-bond acceptors (Lipinski definition) is 3. The van der Waals surface area contributed by atoms with Crippen LogP contribution in [0.15, 0.2) is 36.4 Å². The first-order valence-electron chi connectivity index (χ1n) is 7.98. The SMILES string of the molecule is CC(C)NC(=O)c1ccc(NC(=O)C2CC=CCC2C(=O)O)cc1. The molecule has 1 aliphatic rings. The molecule has 6 heteroatoms. The average Bonchev–Trinajstić information content (AvgIpc) is 2.54. The van der Waals surface area contributed by atoms with E-state index in [-0.39, 0.29) is 17.9 Å². The topological polar surface area (TPSA) is 95.5 Å². The van der Waals surface area contributed by atoms with E-state index in [0.29, 0.717) is 24.1 Å². The van der Waals surface area contributed by atoms with Crippen LogP contribution in [0.25, 0.3) is 0 Å². The number of rotatable bonds is 5. The molecule has 0 radical (unpaired) electrons. The second kappa shape index (κ2) is 7.77. The Morgan fingerprint density at radius 1 is 1.04 bits per heavy atom. The summed E-state index contributed by atoms with van der Waals surface area (Å²) in [6.07, 6.45) is 4.41. The largest absolute Gasteiger partial charge is 0.481 e. The number of nitrogens with one attached hydrogen (secondary N) is 2. The van der Waals surface area contributed by atoms with E-state index < -0.39 is 17.8 Å². The fraction of sp³-hybridized carbons (Fsp3) is 0.389. The lowest BCUT2D eigenvalue weighted by molar-refractivity contribution is -0.146. The Kier molecular flexibility index (Phi) is 5.73. The van der Waals surface area contributed by atoms with Gasteiger partial charge in [0, 0.05) is 17.3 Å². The van der Waals surface area contributed by atoms with Gasteiger partial charge in [0.25, 0.3) is 5.91 Å². The molecule has 1 aromatic rings. The number of benzene rings is 1. The molecule has 0 aromatic heterocycles. The van der Waals surface area contributed by atoms with E-state index in [0.717, 1.165) is 0 Å². The second-order valence-corrected chi connectivity index (χ2v) is 6.19. The van der Waals surface area contributed by atoms with Crippen molar-refractivity contribution >= 4 is 23.5 Å². The van der Waals surface area contributed by atoms with Crippen LogP contribution in [0.3, 0.4) is 0 Å². The van der Waals surface area contributed by atoms with Crippen molar-refractivity contribution in [3.63, 3.8) is 0 Å². The third-order valence-corrected chi connectivity index (χ3v) is 3.92. The fourth-order valence-electron chi connectivity index (χ4n) is 2.66. The molecular weight excluding hydrogens is 308 g/mol. The maximum absolute atomic E-state index is 12.4. The molecule has 0 saturated heterocycles. The molecule has 0 spiro atoms. The summed E-state index contributed by atoms with van der Waals surface area (Å²) in [5.41, 5.74) is 1.05. The summed E-state index contributed by atoms with van der Waals surface area (Å²) in [6, 6.07) is 6.58. The van der Waals surface area contributed by atoms with Crippen molar-refractivity contribution < 1.29 is 19.5 Å². The molecule has 0 heterocycles. The predicted octanol–water partition coefficient (Wildman–Crippen LogP) is 2.43. The summed E-state index contributed by atoms with van der Waals surface area (Å²) < 4.78 is 0. The van der Waals surface area contributed by atoms with Crippen LogP contribution in [-0.2, 0) is 9.59 Å². The van der Waals surface area contributed by atoms with E-state index in [9.17, 15) is 19.5 Å². The van der Waals surface area contributed by atoms with Crippen LogP contribution >= 0.6 is 0 Å². The molecule has 2 unspecified atom stereocenters. The number of aliphatic carboxylic acids is 1.